The Morgan fingerprint density at radius 1 is 0.885 bits per heavy atom. The summed E-state index contributed by atoms with van der Waals surface area (Å²) in [7, 11) is 0. The van der Waals surface area contributed by atoms with Crippen LogP contribution in [0.3, 0.4) is 0 Å². The van der Waals surface area contributed by atoms with Crippen LogP contribution in [0.1, 0.15) is 58.3 Å². The van der Waals surface area contributed by atoms with Crippen LogP contribution in [0.15, 0.2) is 60.8 Å². The van der Waals surface area contributed by atoms with E-state index in [1.54, 1.807) is 18.2 Å². The van der Waals surface area contributed by atoms with Crippen molar-refractivity contribution in [1.29, 1.82) is 0 Å². The first-order valence-corrected chi connectivity index (χ1v) is 9.45. The molecule has 3 N–H and O–H groups in total. The Bertz CT molecular complexity index is 486. The lowest BCUT2D eigenvalue weighted by Crippen LogP contribution is -2.00. The third-order valence-corrected chi connectivity index (χ3v) is 3.61. The minimum absolute atomic E-state index is 0.157. The number of allylic oxidation sites excluding steroid dienone is 7. The SMILES string of the molecule is CCCCCC(O)/C=C/C=C/C=C\C(O)C/C=C/C/C=C/CCC(=O)O. The lowest BCUT2D eigenvalue weighted by atomic mass is 10.1. The van der Waals surface area contributed by atoms with Crippen LogP contribution in [-0.4, -0.2) is 33.5 Å². The van der Waals surface area contributed by atoms with Gasteiger partial charge in [-0.3, -0.25) is 4.79 Å². The molecule has 2 atom stereocenters. The summed E-state index contributed by atoms with van der Waals surface area (Å²) in [6.45, 7) is 2.14. The predicted molar refractivity (Wildman–Crippen MR) is 108 cm³/mol. The molecule has 0 fully saturated rings. The third-order valence-electron chi connectivity index (χ3n) is 3.61. The molecule has 4 nitrogen and oxygen atoms in total. The van der Waals surface area contributed by atoms with Crippen LogP contribution < -0.4 is 0 Å². The highest BCUT2D eigenvalue weighted by Gasteiger charge is 1.96. The van der Waals surface area contributed by atoms with Crippen molar-refractivity contribution in [2.75, 3.05) is 0 Å². The van der Waals surface area contributed by atoms with Crippen LogP contribution in [0.2, 0.25) is 0 Å². The number of unbranched alkanes of at least 4 members (excludes halogenated alkanes) is 2. The molecule has 0 aliphatic rings. The Hall–Kier alpha value is -1.91. The molecule has 0 radical (unpaired) electrons. The number of aliphatic carboxylic acids is 1. The summed E-state index contributed by atoms with van der Waals surface area (Å²) in [5.41, 5.74) is 0. The van der Waals surface area contributed by atoms with Gasteiger partial charge in [-0.25, -0.2) is 0 Å². The maximum absolute atomic E-state index is 10.3. The summed E-state index contributed by atoms with van der Waals surface area (Å²) in [6, 6.07) is 0. The lowest BCUT2D eigenvalue weighted by molar-refractivity contribution is -0.136. The van der Waals surface area contributed by atoms with Crippen LogP contribution in [0.4, 0.5) is 0 Å². The van der Waals surface area contributed by atoms with E-state index in [0.717, 1.165) is 32.1 Å². The molecule has 0 saturated heterocycles. The molecule has 0 aromatic heterocycles. The van der Waals surface area contributed by atoms with E-state index >= 15 is 0 Å². The second-order valence-corrected chi connectivity index (χ2v) is 6.13. The van der Waals surface area contributed by atoms with Gasteiger partial charge in [-0.15, -0.1) is 0 Å². The number of carbonyl (C=O) groups is 1. The fraction of sp³-hybridized carbons (Fsp3) is 0.500. The van der Waals surface area contributed by atoms with Crippen molar-refractivity contribution in [1.82, 2.24) is 0 Å². The van der Waals surface area contributed by atoms with Gasteiger partial charge < -0.3 is 15.3 Å². The summed E-state index contributed by atoms with van der Waals surface area (Å²) in [6.07, 6.45) is 23.6. The van der Waals surface area contributed by atoms with E-state index in [4.69, 9.17) is 5.11 Å². The Labute approximate surface area is 157 Å². The summed E-state index contributed by atoms with van der Waals surface area (Å²) in [4.78, 5) is 10.3. The van der Waals surface area contributed by atoms with Gasteiger partial charge in [-0.1, -0.05) is 86.9 Å². The van der Waals surface area contributed by atoms with Crippen molar-refractivity contribution < 1.29 is 20.1 Å². The molecular formula is C22H34O4. The van der Waals surface area contributed by atoms with Crippen molar-refractivity contribution >= 4 is 5.97 Å². The van der Waals surface area contributed by atoms with Gasteiger partial charge in [0.2, 0.25) is 0 Å². The predicted octanol–water partition coefficient (Wildman–Crippen LogP) is 4.71. The van der Waals surface area contributed by atoms with E-state index in [0.29, 0.717) is 12.8 Å². The van der Waals surface area contributed by atoms with Crippen molar-refractivity contribution in [2.24, 2.45) is 0 Å². The van der Waals surface area contributed by atoms with Gasteiger partial charge in [0.15, 0.2) is 0 Å². The van der Waals surface area contributed by atoms with Crippen molar-refractivity contribution in [3.8, 4) is 0 Å². The normalized spacial score (nSPS) is 15.2. The second-order valence-electron chi connectivity index (χ2n) is 6.13. The van der Waals surface area contributed by atoms with Crippen molar-refractivity contribution in [2.45, 2.75) is 70.5 Å². The molecule has 2 unspecified atom stereocenters. The standard InChI is InChI=1S/C22H34O4/c1-2-3-10-15-20(23)17-12-8-9-13-18-21(24)16-11-6-4-5-7-14-19-22(25)26/h5-9,11-13,17-18,20-21,23-24H,2-4,10,14-16,19H2,1H3,(H,25,26)/b7-5+,9-8+,11-6+,17-12+,18-13-. The zero-order valence-corrected chi connectivity index (χ0v) is 15.8. The molecule has 0 aromatic carbocycles. The molecular weight excluding hydrogens is 328 g/mol. The number of hydrogen-bond acceptors (Lipinski definition) is 3. The van der Waals surface area contributed by atoms with Crippen molar-refractivity contribution in [3.05, 3.63) is 60.8 Å². The molecule has 0 saturated carbocycles. The molecule has 0 bridgehead atoms. The van der Waals surface area contributed by atoms with Gasteiger partial charge in [0.1, 0.15) is 0 Å². The highest BCUT2D eigenvalue weighted by Crippen LogP contribution is 2.04. The van der Waals surface area contributed by atoms with Crippen LogP contribution >= 0.6 is 0 Å². The quantitative estimate of drug-likeness (QED) is 0.224. The fourth-order valence-electron chi connectivity index (χ4n) is 2.12. The Morgan fingerprint density at radius 3 is 2.19 bits per heavy atom. The van der Waals surface area contributed by atoms with Crippen LogP contribution in [-0.2, 0) is 4.79 Å². The van der Waals surface area contributed by atoms with Gasteiger partial charge in [0.25, 0.3) is 0 Å². The second kappa shape index (κ2) is 17.9. The fourth-order valence-corrected chi connectivity index (χ4v) is 2.12. The molecule has 0 heterocycles. The summed E-state index contributed by atoms with van der Waals surface area (Å²) < 4.78 is 0. The van der Waals surface area contributed by atoms with E-state index in [1.807, 2.05) is 42.5 Å². The first kappa shape index (κ1) is 24.1. The van der Waals surface area contributed by atoms with Gasteiger partial charge in [-0.05, 0) is 25.7 Å². The van der Waals surface area contributed by atoms with Crippen LogP contribution in [0.25, 0.3) is 0 Å². The third kappa shape index (κ3) is 18.4. The molecule has 0 spiro atoms. The smallest absolute Gasteiger partial charge is 0.303 e. The number of carboxylic acids is 1. The summed E-state index contributed by atoms with van der Waals surface area (Å²) in [5.74, 6) is -0.784. The minimum Gasteiger partial charge on any atom is -0.481 e. The first-order chi connectivity index (χ1) is 12.6. The van der Waals surface area contributed by atoms with E-state index < -0.39 is 12.1 Å². The van der Waals surface area contributed by atoms with Crippen LogP contribution in [0.5, 0.6) is 0 Å². The highest BCUT2D eigenvalue weighted by atomic mass is 16.4. The Kier molecular flexibility index (Phi) is 16.6. The maximum Gasteiger partial charge on any atom is 0.303 e. The number of hydrogen-bond donors (Lipinski definition) is 3. The molecule has 0 aromatic rings. The highest BCUT2D eigenvalue weighted by molar-refractivity contribution is 5.66. The van der Waals surface area contributed by atoms with E-state index in [2.05, 4.69) is 6.92 Å². The maximum atomic E-state index is 10.3. The monoisotopic (exact) mass is 362 g/mol. The Morgan fingerprint density at radius 2 is 1.54 bits per heavy atom. The van der Waals surface area contributed by atoms with Gasteiger partial charge >= 0.3 is 5.97 Å². The average Bonchev–Trinajstić information content (AvgIpc) is 2.60. The number of aliphatic hydroxyl groups excluding tert-OH is 2. The summed E-state index contributed by atoms with van der Waals surface area (Å²) in [5, 5.41) is 28.0. The molecule has 0 amide bonds. The van der Waals surface area contributed by atoms with Crippen LogP contribution in [0, 0.1) is 0 Å². The molecule has 26 heavy (non-hydrogen) atoms. The topological polar surface area (TPSA) is 77.8 Å². The molecule has 0 aliphatic heterocycles. The lowest BCUT2D eigenvalue weighted by Gasteiger charge is -2.02. The minimum atomic E-state index is -0.784. The van der Waals surface area contributed by atoms with Gasteiger partial charge in [0, 0.05) is 6.42 Å². The molecule has 0 aliphatic carbocycles. The number of aliphatic hydroxyl groups is 2. The first-order valence-electron chi connectivity index (χ1n) is 9.45. The van der Waals surface area contributed by atoms with E-state index in [9.17, 15) is 15.0 Å². The number of carboxylic acid groups (broad SMARTS) is 1. The number of rotatable bonds is 15. The van der Waals surface area contributed by atoms with E-state index in [-0.39, 0.29) is 12.5 Å². The summed E-state index contributed by atoms with van der Waals surface area (Å²) >= 11 is 0. The largest absolute Gasteiger partial charge is 0.481 e. The van der Waals surface area contributed by atoms with Crippen molar-refractivity contribution in [3.63, 3.8) is 0 Å². The van der Waals surface area contributed by atoms with Gasteiger partial charge in [0.05, 0.1) is 12.2 Å². The van der Waals surface area contributed by atoms with Gasteiger partial charge in [-0.2, -0.15) is 0 Å². The average molecular weight is 363 g/mol. The zero-order chi connectivity index (χ0) is 19.5. The Balaban J connectivity index is 3.82. The van der Waals surface area contributed by atoms with E-state index in [1.165, 1.54) is 0 Å². The molecule has 4 heteroatoms. The molecule has 0 rings (SSSR count). The molecule has 146 valence electrons. The zero-order valence-electron chi connectivity index (χ0n) is 15.8.